The zero-order chi connectivity index (χ0) is 18.7. The summed E-state index contributed by atoms with van der Waals surface area (Å²) in [5.74, 6) is 0.0213. The number of hydrogen-bond acceptors (Lipinski definition) is 3. The van der Waals surface area contributed by atoms with E-state index in [4.69, 9.17) is 27.9 Å². The van der Waals surface area contributed by atoms with E-state index < -0.39 is 0 Å². The minimum atomic E-state index is -0.376. The molecule has 0 aliphatic heterocycles. The molecule has 0 saturated heterocycles. The Bertz CT molecular complexity index is 820. The van der Waals surface area contributed by atoms with Crippen LogP contribution in [0.5, 0.6) is 5.75 Å². The molecule has 2 aromatic carbocycles. The summed E-state index contributed by atoms with van der Waals surface area (Å²) < 4.78 is 5.11. The molecule has 0 atom stereocenters. The molecule has 2 amide bonds. The molecule has 5 nitrogen and oxygen atoms in total. The minimum Gasteiger partial charge on any atom is -0.497 e. The second-order valence-electron chi connectivity index (χ2n) is 6.07. The van der Waals surface area contributed by atoms with Gasteiger partial charge in [0.2, 0.25) is 5.91 Å². The summed E-state index contributed by atoms with van der Waals surface area (Å²) in [4.78, 5) is 25.4. The molecule has 0 bridgehead atoms. The van der Waals surface area contributed by atoms with Gasteiger partial charge in [0.25, 0.3) is 5.91 Å². The second-order valence-corrected chi connectivity index (χ2v) is 6.89. The number of nitrogens with zero attached hydrogens (tertiary/aromatic N) is 1. The number of nitrogens with one attached hydrogen (secondary N) is 1. The van der Waals surface area contributed by atoms with E-state index in [9.17, 15) is 9.59 Å². The van der Waals surface area contributed by atoms with Gasteiger partial charge in [-0.3, -0.25) is 15.0 Å². The first-order valence-electron chi connectivity index (χ1n) is 8.23. The van der Waals surface area contributed by atoms with Crippen LogP contribution in [0, 0.1) is 5.92 Å². The average Bonchev–Trinajstić information content (AvgIpc) is 2.60. The Hall–Kier alpha value is -2.24. The van der Waals surface area contributed by atoms with Crippen molar-refractivity contribution in [1.29, 1.82) is 0 Å². The van der Waals surface area contributed by atoms with Gasteiger partial charge in [0.15, 0.2) is 0 Å². The van der Waals surface area contributed by atoms with Gasteiger partial charge in [-0.2, -0.15) is 0 Å². The fraction of sp³-hybridized carbons (Fsp3) is 0.263. The largest absolute Gasteiger partial charge is 0.497 e. The quantitative estimate of drug-likeness (QED) is 0.780. The number of ether oxygens (including phenoxy) is 1. The van der Waals surface area contributed by atoms with Gasteiger partial charge in [-0.1, -0.05) is 29.6 Å². The number of benzene rings is 2. The van der Waals surface area contributed by atoms with Crippen LogP contribution >= 0.6 is 23.2 Å². The third-order valence-corrected chi connectivity index (χ3v) is 5.14. The van der Waals surface area contributed by atoms with Gasteiger partial charge in [-0.05, 0) is 55.3 Å². The lowest BCUT2D eigenvalue weighted by Gasteiger charge is -2.29. The summed E-state index contributed by atoms with van der Waals surface area (Å²) in [6.45, 7) is 0. The average molecular weight is 393 g/mol. The van der Waals surface area contributed by atoms with Gasteiger partial charge < -0.3 is 4.74 Å². The number of anilines is 1. The van der Waals surface area contributed by atoms with Crippen LogP contribution in [0.3, 0.4) is 0 Å². The number of carbonyl (C=O) groups excluding carboxylic acids is 2. The number of halogens is 2. The van der Waals surface area contributed by atoms with Gasteiger partial charge in [-0.25, -0.2) is 5.01 Å². The highest BCUT2D eigenvalue weighted by atomic mass is 35.5. The fourth-order valence-corrected chi connectivity index (χ4v) is 2.88. The predicted octanol–water partition coefficient (Wildman–Crippen LogP) is 4.48. The molecule has 1 aliphatic carbocycles. The van der Waals surface area contributed by atoms with E-state index in [1.807, 2.05) is 0 Å². The van der Waals surface area contributed by atoms with Crippen molar-refractivity contribution >= 4 is 40.7 Å². The van der Waals surface area contributed by atoms with Crippen LogP contribution in [0.1, 0.15) is 29.6 Å². The first kappa shape index (κ1) is 18.5. The van der Waals surface area contributed by atoms with E-state index in [1.165, 1.54) is 5.01 Å². The third kappa shape index (κ3) is 3.94. The summed E-state index contributed by atoms with van der Waals surface area (Å²) in [6.07, 6.45) is 2.69. The van der Waals surface area contributed by atoms with Crippen molar-refractivity contribution in [2.45, 2.75) is 19.3 Å². The number of carbonyl (C=O) groups is 2. The molecule has 1 saturated carbocycles. The molecule has 0 heterocycles. The molecule has 136 valence electrons. The molecule has 0 radical (unpaired) electrons. The zero-order valence-corrected chi connectivity index (χ0v) is 15.7. The summed E-state index contributed by atoms with van der Waals surface area (Å²) in [7, 11) is 1.55. The Morgan fingerprint density at radius 1 is 1.08 bits per heavy atom. The first-order chi connectivity index (χ1) is 12.5. The molecule has 0 aromatic heterocycles. The Kier molecular flexibility index (Phi) is 5.69. The van der Waals surface area contributed by atoms with Crippen LogP contribution in [0.2, 0.25) is 10.0 Å². The monoisotopic (exact) mass is 392 g/mol. The fourth-order valence-electron chi connectivity index (χ4n) is 2.59. The van der Waals surface area contributed by atoms with E-state index >= 15 is 0 Å². The van der Waals surface area contributed by atoms with Crippen LogP contribution in [0.25, 0.3) is 0 Å². The molecule has 0 spiro atoms. The summed E-state index contributed by atoms with van der Waals surface area (Å²) in [5, 5.41) is 1.89. The summed E-state index contributed by atoms with van der Waals surface area (Å²) in [5.41, 5.74) is 3.57. The number of rotatable bonds is 4. The van der Waals surface area contributed by atoms with E-state index in [1.54, 1.807) is 49.6 Å². The molecule has 1 N–H and O–H groups in total. The molecule has 1 aliphatic rings. The molecular weight excluding hydrogens is 375 g/mol. The third-order valence-electron chi connectivity index (χ3n) is 4.40. The van der Waals surface area contributed by atoms with Gasteiger partial charge in [-0.15, -0.1) is 0 Å². The number of amides is 2. The summed E-state index contributed by atoms with van der Waals surface area (Å²) >= 11 is 12.1. The Labute approximate surface area is 161 Å². The molecule has 26 heavy (non-hydrogen) atoms. The van der Waals surface area contributed by atoms with Crippen molar-refractivity contribution in [2.75, 3.05) is 12.1 Å². The Morgan fingerprint density at radius 2 is 1.77 bits per heavy atom. The van der Waals surface area contributed by atoms with Crippen molar-refractivity contribution in [3.05, 3.63) is 58.1 Å². The van der Waals surface area contributed by atoms with E-state index in [2.05, 4.69) is 5.43 Å². The van der Waals surface area contributed by atoms with Crippen LogP contribution in [0.4, 0.5) is 5.69 Å². The Morgan fingerprint density at radius 3 is 2.31 bits per heavy atom. The van der Waals surface area contributed by atoms with Crippen LogP contribution in [0.15, 0.2) is 42.5 Å². The van der Waals surface area contributed by atoms with Crippen molar-refractivity contribution in [3.8, 4) is 5.75 Å². The lowest BCUT2D eigenvalue weighted by Crippen LogP contribution is -2.49. The minimum absolute atomic E-state index is 0.0658. The van der Waals surface area contributed by atoms with Crippen molar-refractivity contribution < 1.29 is 14.3 Å². The standard InChI is InChI=1S/C19H18Cl2N2O3/c1-26-15-8-5-13(6-9-15)19(25)23(22-18(24)12-3-2-4-12)14-7-10-16(20)17(21)11-14/h5-12H,2-4H2,1H3,(H,22,24). The highest BCUT2D eigenvalue weighted by Crippen LogP contribution is 2.29. The Balaban J connectivity index is 1.90. The van der Waals surface area contributed by atoms with Crippen LogP contribution < -0.4 is 15.2 Å². The van der Waals surface area contributed by atoms with Crippen LogP contribution in [-0.4, -0.2) is 18.9 Å². The molecule has 1 fully saturated rings. The van der Waals surface area contributed by atoms with E-state index in [0.717, 1.165) is 19.3 Å². The molecular formula is C19H18Cl2N2O3. The maximum absolute atomic E-state index is 13.0. The van der Waals surface area contributed by atoms with Crippen LogP contribution in [-0.2, 0) is 4.79 Å². The number of hydrogen-bond donors (Lipinski definition) is 1. The van der Waals surface area contributed by atoms with Gasteiger partial charge >= 0.3 is 0 Å². The topological polar surface area (TPSA) is 58.6 Å². The van der Waals surface area contributed by atoms with Gasteiger partial charge in [0.05, 0.1) is 22.8 Å². The lowest BCUT2D eigenvalue weighted by molar-refractivity contribution is -0.127. The molecule has 3 rings (SSSR count). The SMILES string of the molecule is COc1ccc(C(=O)N(NC(=O)C2CCC2)c2ccc(Cl)c(Cl)c2)cc1. The lowest BCUT2D eigenvalue weighted by atomic mass is 9.85. The maximum Gasteiger partial charge on any atom is 0.277 e. The zero-order valence-electron chi connectivity index (χ0n) is 14.2. The number of methoxy groups -OCH3 is 1. The van der Waals surface area contributed by atoms with Crippen molar-refractivity contribution in [2.24, 2.45) is 5.92 Å². The van der Waals surface area contributed by atoms with Crippen molar-refractivity contribution in [1.82, 2.24) is 5.43 Å². The predicted molar refractivity (Wildman–Crippen MR) is 102 cm³/mol. The first-order valence-corrected chi connectivity index (χ1v) is 8.99. The molecule has 2 aromatic rings. The summed E-state index contributed by atoms with van der Waals surface area (Å²) in [6, 6.07) is 11.4. The van der Waals surface area contributed by atoms with Crippen molar-refractivity contribution in [3.63, 3.8) is 0 Å². The highest BCUT2D eigenvalue weighted by Gasteiger charge is 2.29. The van der Waals surface area contributed by atoms with E-state index in [-0.39, 0.29) is 17.7 Å². The van der Waals surface area contributed by atoms with Gasteiger partial charge in [0, 0.05) is 11.5 Å². The molecule has 0 unspecified atom stereocenters. The second kappa shape index (κ2) is 7.98. The number of hydrazine groups is 1. The highest BCUT2D eigenvalue weighted by molar-refractivity contribution is 6.42. The van der Waals surface area contributed by atoms with E-state index in [0.29, 0.717) is 27.0 Å². The molecule has 7 heteroatoms. The van der Waals surface area contributed by atoms with Gasteiger partial charge in [0.1, 0.15) is 5.75 Å². The maximum atomic E-state index is 13.0. The normalized spacial score (nSPS) is 13.7. The smallest absolute Gasteiger partial charge is 0.277 e.